The third-order valence-electron chi connectivity index (χ3n) is 6.38. The third kappa shape index (κ3) is 5.23. The van der Waals surface area contributed by atoms with Gasteiger partial charge >= 0.3 is 18.3 Å². The van der Waals surface area contributed by atoms with E-state index < -0.39 is 41.0 Å². The average molecular weight is 585 g/mol. The number of benzene rings is 4. The van der Waals surface area contributed by atoms with E-state index in [1.165, 1.54) is 60.7 Å². The molecule has 0 aliphatic carbocycles. The number of carboxylic acids is 1. The van der Waals surface area contributed by atoms with Gasteiger partial charge in [-0.25, -0.2) is 4.79 Å². The first-order valence-corrected chi connectivity index (χ1v) is 12.0. The van der Waals surface area contributed by atoms with Gasteiger partial charge in [0.2, 0.25) is 0 Å². The van der Waals surface area contributed by atoms with Crippen molar-refractivity contribution in [3.63, 3.8) is 0 Å². The van der Waals surface area contributed by atoms with E-state index in [0.717, 1.165) is 0 Å². The Morgan fingerprint density at radius 1 is 0.786 bits per heavy atom. The second kappa shape index (κ2) is 10.3. The summed E-state index contributed by atoms with van der Waals surface area (Å²) in [5.74, 6) is -2.54. The molecule has 1 heterocycles. The minimum atomic E-state index is -5.12. The zero-order chi connectivity index (χ0) is 30.4. The molecule has 0 saturated heterocycles. The van der Waals surface area contributed by atoms with Crippen molar-refractivity contribution < 1.29 is 46.1 Å². The number of hydrogen-bond acceptors (Lipinski definition) is 5. The average Bonchev–Trinajstić information content (AvgIpc) is 3.22. The molecule has 0 radical (unpaired) electrons. The van der Waals surface area contributed by atoms with Gasteiger partial charge in [0, 0.05) is 11.1 Å². The van der Waals surface area contributed by atoms with Crippen molar-refractivity contribution in [3.8, 4) is 16.9 Å². The molecule has 4 aromatic carbocycles. The number of halogens is 6. The van der Waals surface area contributed by atoms with Gasteiger partial charge in [0.25, 0.3) is 5.91 Å². The molecule has 7 nitrogen and oxygen atoms in total. The maximum Gasteiger partial charge on any atom is 0.416 e. The van der Waals surface area contributed by atoms with Gasteiger partial charge in [0.05, 0.1) is 33.8 Å². The van der Waals surface area contributed by atoms with E-state index in [0.29, 0.717) is 22.6 Å². The summed E-state index contributed by atoms with van der Waals surface area (Å²) in [6.07, 6.45) is -10.2. The number of aromatic hydroxyl groups is 1. The van der Waals surface area contributed by atoms with Crippen LogP contribution >= 0.6 is 0 Å². The monoisotopic (exact) mass is 585 g/mol. The van der Waals surface area contributed by atoms with Crippen LogP contribution in [-0.4, -0.2) is 27.8 Å². The number of anilines is 3. The molecule has 0 spiro atoms. The minimum absolute atomic E-state index is 0.000966. The summed E-state index contributed by atoms with van der Waals surface area (Å²) in [6, 6.07) is 16.8. The van der Waals surface area contributed by atoms with Crippen molar-refractivity contribution in [2.75, 3.05) is 10.3 Å². The minimum Gasteiger partial charge on any atom is -0.505 e. The quantitative estimate of drug-likeness (QED) is 0.130. The molecule has 0 unspecified atom stereocenters. The summed E-state index contributed by atoms with van der Waals surface area (Å²) >= 11 is 0. The molecule has 1 aliphatic heterocycles. The smallest absolute Gasteiger partial charge is 0.416 e. The van der Waals surface area contributed by atoms with Crippen LogP contribution in [0.3, 0.4) is 0 Å². The second-order valence-corrected chi connectivity index (χ2v) is 9.08. The van der Waals surface area contributed by atoms with E-state index >= 15 is 0 Å². The topological polar surface area (TPSA) is 102 Å². The van der Waals surface area contributed by atoms with Gasteiger partial charge in [-0.05, 0) is 48.0 Å². The number of hydrogen-bond donors (Lipinski definition) is 3. The largest absolute Gasteiger partial charge is 0.505 e. The zero-order valence-corrected chi connectivity index (χ0v) is 21.0. The van der Waals surface area contributed by atoms with Crippen LogP contribution in [0.2, 0.25) is 0 Å². The number of carboxylic acid groups (broad SMARTS) is 1. The molecule has 4 aromatic rings. The molecule has 0 bridgehead atoms. The molecule has 13 heteroatoms. The predicted molar refractivity (Wildman–Crippen MR) is 141 cm³/mol. The Bertz CT molecular complexity index is 1730. The van der Waals surface area contributed by atoms with Crippen molar-refractivity contribution in [2.24, 2.45) is 5.10 Å². The maximum absolute atomic E-state index is 13.5. The number of hydrazone groups is 1. The first-order valence-electron chi connectivity index (χ1n) is 12.0. The molecule has 1 amide bonds. The molecule has 0 fully saturated rings. The summed E-state index contributed by atoms with van der Waals surface area (Å²) < 4.78 is 81.0. The Kier molecular flexibility index (Phi) is 6.89. The summed E-state index contributed by atoms with van der Waals surface area (Å²) in [5, 5.41) is 24.2. The molecule has 5 rings (SSSR count). The molecule has 1 aliphatic rings. The lowest BCUT2D eigenvalue weighted by molar-refractivity contribution is -0.143. The maximum atomic E-state index is 13.5. The summed E-state index contributed by atoms with van der Waals surface area (Å²) in [7, 11) is 0. The number of para-hydroxylation sites is 2. The fourth-order valence-electron chi connectivity index (χ4n) is 4.43. The number of aromatic carboxylic acids is 1. The number of rotatable bonds is 5. The van der Waals surface area contributed by atoms with E-state index in [1.54, 1.807) is 6.07 Å². The molecule has 0 atom stereocenters. The number of alkyl halides is 6. The van der Waals surface area contributed by atoms with E-state index in [-0.39, 0.29) is 45.6 Å². The van der Waals surface area contributed by atoms with Crippen LogP contribution in [0.15, 0.2) is 90.0 Å². The number of nitrogens with zero attached hydrogens (tertiary/aromatic N) is 2. The Balaban J connectivity index is 1.55. The standard InChI is InChI=1S/C29H17F6N3O4/c30-28(31,32)17-12-18(29(33,34)35)14-19(13-17)38-23-10-2-1-7-21(23)24(26(38)40)37-36-22-9-4-8-20(25(22)39)15-5-3-6-16(11-15)27(41)42/h1-14,36,39H,(H,41,42)/b37-24-. The number of amides is 1. The van der Waals surface area contributed by atoms with Gasteiger partial charge in [-0.3, -0.25) is 15.1 Å². The fourth-order valence-corrected chi connectivity index (χ4v) is 4.43. The highest BCUT2D eigenvalue weighted by atomic mass is 19.4. The first kappa shape index (κ1) is 28.2. The molecule has 214 valence electrons. The van der Waals surface area contributed by atoms with Gasteiger partial charge in [0.15, 0.2) is 5.71 Å². The number of phenolic OH excluding ortho intramolecular Hbond substituents is 1. The first-order chi connectivity index (χ1) is 19.8. The molecular weight excluding hydrogens is 568 g/mol. The van der Waals surface area contributed by atoms with Crippen molar-refractivity contribution in [2.45, 2.75) is 12.4 Å². The molecule has 42 heavy (non-hydrogen) atoms. The molecule has 0 aromatic heterocycles. The lowest BCUT2D eigenvalue weighted by Crippen LogP contribution is -2.27. The number of fused-ring (bicyclic) bond motifs is 1. The van der Waals surface area contributed by atoms with Gasteiger partial charge < -0.3 is 10.2 Å². The van der Waals surface area contributed by atoms with Crippen LogP contribution in [0, 0.1) is 0 Å². The Labute approximate surface area is 233 Å². The van der Waals surface area contributed by atoms with E-state index in [2.05, 4.69) is 10.5 Å². The van der Waals surface area contributed by atoms with Crippen LogP contribution < -0.4 is 10.3 Å². The van der Waals surface area contributed by atoms with Gasteiger partial charge in [-0.15, -0.1) is 0 Å². The van der Waals surface area contributed by atoms with E-state index in [1.807, 2.05) is 0 Å². The van der Waals surface area contributed by atoms with Crippen LogP contribution in [0.25, 0.3) is 11.1 Å². The van der Waals surface area contributed by atoms with Crippen LogP contribution in [0.1, 0.15) is 27.0 Å². The number of carbonyl (C=O) groups excluding carboxylic acids is 1. The van der Waals surface area contributed by atoms with Gasteiger partial charge in [-0.2, -0.15) is 31.4 Å². The van der Waals surface area contributed by atoms with E-state index in [9.17, 15) is 46.1 Å². The van der Waals surface area contributed by atoms with Crippen LogP contribution in [0.5, 0.6) is 5.75 Å². The van der Waals surface area contributed by atoms with E-state index in [4.69, 9.17) is 0 Å². The third-order valence-corrected chi connectivity index (χ3v) is 6.38. The Morgan fingerprint density at radius 3 is 2.05 bits per heavy atom. The van der Waals surface area contributed by atoms with Gasteiger partial charge in [-0.1, -0.05) is 42.5 Å². The van der Waals surface area contributed by atoms with Crippen molar-refractivity contribution in [1.29, 1.82) is 0 Å². The number of nitrogens with one attached hydrogen (secondary N) is 1. The Morgan fingerprint density at radius 2 is 1.40 bits per heavy atom. The summed E-state index contributed by atoms with van der Waals surface area (Å²) in [6.45, 7) is 0. The van der Waals surface area contributed by atoms with Crippen molar-refractivity contribution in [3.05, 3.63) is 107 Å². The van der Waals surface area contributed by atoms with Gasteiger partial charge in [0.1, 0.15) is 5.75 Å². The highest BCUT2D eigenvalue weighted by molar-refractivity contribution is 6.55. The summed E-state index contributed by atoms with van der Waals surface area (Å²) in [4.78, 5) is 25.5. The molecule has 0 saturated carbocycles. The highest BCUT2D eigenvalue weighted by Gasteiger charge is 2.41. The second-order valence-electron chi connectivity index (χ2n) is 9.08. The SMILES string of the molecule is O=C(O)c1cccc(-c2cccc(N/N=C3\C(=O)N(c4cc(C(F)(F)F)cc(C(F)(F)F)c4)c4ccccc43)c2O)c1. The lowest BCUT2D eigenvalue weighted by Gasteiger charge is -2.21. The lowest BCUT2D eigenvalue weighted by atomic mass is 10.0. The summed E-state index contributed by atoms with van der Waals surface area (Å²) in [5.41, 5.74) is -0.978. The Hall–Kier alpha value is -5.33. The number of carbonyl (C=O) groups is 2. The molecular formula is C29H17F6N3O4. The predicted octanol–water partition coefficient (Wildman–Crippen LogP) is 7.29. The molecule has 3 N–H and O–H groups in total. The fraction of sp³-hybridized carbons (Fsp3) is 0.0690. The number of phenols is 1. The van der Waals surface area contributed by atoms with Crippen molar-refractivity contribution in [1.82, 2.24) is 0 Å². The van der Waals surface area contributed by atoms with Crippen LogP contribution in [0.4, 0.5) is 43.4 Å². The zero-order valence-electron chi connectivity index (χ0n) is 21.0. The van der Waals surface area contributed by atoms with Crippen LogP contribution in [-0.2, 0) is 17.1 Å². The van der Waals surface area contributed by atoms with Crippen molar-refractivity contribution >= 4 is 34.7 Å². The highest BCUT2D eigenvalue weighted by Crippen LogP contribution is 2.43. The normalized spacial score (nSPS) is 14.3.